The number of hydrogen-bond donors (Lipinski definition) is 1. The molecule has 1 saturated heterocycles. The van der Waals surface area contributed by atoms with Gasteiger partial charge in [0.25, 0.3) is 0 Å². The number of benzene rings is 2. The Morgan fingerprint density at radius 2 is 1.83 bits per heavy atom. The van der Waals surface area contributed by atoms with Gasteiger partial charge >= 0.3 is 5.97 Å². The average molecular weight is 426 g/mol. The van der Waals surface area contributed by atoms with E-state index in [1.165, 1.54) is 11.8 Å². The van der Waals surface area contributed by atoms with Crippen LogP contribution < -0.4 is 5.32 Å². The Kier molecular flexibility index (Phi) is 7.24. The van der Waals surface area contributed by atoms with Crippen molar-refractivity contribution >= 4 is 46.1 Å². The van der Waals surface area contributed by atoms with Crippen molar-refractivity contribution in [1.29, 1.82) is 0 Å². The van der Waals surface area contributed by atoms with E-state index in [2.05, 4.69) is 10.3 Å². The maximum atomic E-state index is 12.7. The van der Waals surface area contributed by atoms with Gasteiger partial charge in [0.15, 0.2) is 5.17 Å². The van der Waals surface area contributed by atoms with E-state index in [1.54, 1.807) is 48.2 Å². The standard InChI is InChI=1S/C22H23N3O4S/c1-3-25-19(26)14-18(20(27)23-16-8-6-5-7-9-16)30-22(25)24-17-12-10-15(11-13-17)21(28)29-4-2/h5-13,18H,3-4,14H2,1-2H3,(H,23,27). The number of aliphatic imine (C=N–C) groups is 1. The van der Waals surface area contributed by atoms with Crippen molar-refractivity contribution in [1.82, 2.24) is 4.90 Å². The summed E-state index contributed by atoms with van der Waals surface area (Å²) < 4.78 is 4.98. The normalized spacial score (nSPS) is 17.7. The van der Waals surface area contributed by atoms with Crippen LogP contribution in [0.1, 0.15) is 30.6 Å². The zero-order valence-corrected chi connectivity index (χ0v) is 17.6. The minimum atomic E-state index is -0.571. The molecule has 1 N–H and O–H groups in total. The second kappa shape index (κ2) is 10.1. The number of hydrogen-bond acceptors (Lipinski definition) is 6. The fourth-order valence-corrected chi connectivity index (χ4v) is 4.06. The van der Waals surface area contributed by atoms with E-state index in [4.69, 9.17) is 4.74 Å². The molecule has 1 aliphatic rings. The second-order valence-corrected chi connectivity index (χ2v) is 7.64. The number of nitrogens with zero attached hydrogens (tertiary/aromatic N) is 2. The Bertz CT molecular complexity index is 945. The van der Waals surface area contributed by atoms with Crippen LogP contribution in [0.15, 0.2) is 59.6 Å². The van der Waals surface area contributed by atoms with Gasteiger partial charge in [-0.2, -0.15) is 0 Å². The average Bonchev–Trinajstić information content (AvgIpc) is 2.75. The summed E-state index contributed by atoms with van der Waals surface area (Å²) in [6.07, 6.45) is 0.109. The summed E-state index contributed by atoms with van der Waals surface area (Å²) >= 11 is 1.26. The maximum Gasteiger partial charge on any atom is 0.338 e. The van der Waals surface area contributed by atoms with Crippen LogP contribution >= 0.6 is 11.8 Å². The molecule has 2 amide bonds. The van der Waals surface area contributed by atoms with Gasteiger partial charge in [0, 0.05) is 18.7 Å². The lowest BCUT2D eigenvalue weighted by atomic mass is 10.2. The number of amides is 2. The van der Waals surface area contributed by atoms with Gasteiger partial charge in [-0.1, -0.05) is 30.0 Å². The highest BCUT2D eigenvalue weighted by molar-refractivity contribution is 8.15. The summed E-state index contributed by atoms with van der Waals surface area (Å²) in [5, 5.41) is 2.74. The van der Waals surface area contributed by atoms with E-state index in [-0.39, 0.29) is 18.2 Å². The molecule has 3 rings (SSSR count). The third kappa shape index (κ3) is 5.27. The van der Waals surface area contributed by atoms with Crippen LogP contribution in [-0.4, -0.2) is 46.3 Å². The van der Waals surface area contributed by atoms with Gasteiger partial charge in [0.2, 0.25) is 11.8 Å². The molecule has 0 aromatic heterocycles. The van der Waals surface area contributed by atoms with Crippen LogP contribution in [0.25, 0.3) is 0 Å². The molecule has 1 fully saturated rings. The number of amidine groups is 1. The van der Waals surface area contributed by atoms with E-state index < -0.39 is 11.2 Å². The Morgan fingerprint density at radius 3 is 2.47 bits per heavy atom. The fraction of sp³-hybridized carbons (Fsp3) is 0.273. The van der Waals surface area contributed by atoms with Crippen molar-refractivity contribution in [2.24, 2.45) is 4.99 Å². The zero-order valence-electron chi connectivity index (χ0n) is 16.8. The monoisotopic (exact) mass is 425 g/mol. The highest BCUT2D eigenvalue weighted by Crippen LogP contribution is 2.29. The largest absolute Gasteiger partial charge is 0.462 e. The van der Waals surface area contributed by atoms with Gasteiger partial charge < -0.3 is 10.1 Å². The minimum Gasteiger partial charge on any atom is -0.462 e. The molecule has 0 aliphatic carbocycles. The fourth-order valence-electron chi connectivity index (χ4n) is 2.89. The summed E-state index contributed by atoms with van der Waals surface area (Å²) in [4.78, 5) is 43.2. The summed E-state index contributed by atoms with van der Waals surface area (Å²) in [5.41, 5.74) is 1.70. The van der Waals surface area contributed by atoms with Crippen LogP contribution in [-0.2, 0) is 14.3 Å². The summed E-state index contributed by atoms with van der Waals surface area (Å²) in [6, 6.07) is 15.8. The predicted octanol–water partition coefficient (Wildman–Crippen LogP) is 3.84. The van der Waals surface area contributed by atoms with Crippen molar-refractivity contribution in [3.63, 3.8) is 0 Å². The molecular weight excluding hydrogens is 402 g/mol. The number of carbonyl (C=O) groups excluding carboxylic acids is 3. The zero-order chi connectivity index (χ0) is 21.5. The predicted molar refractivity (Wildman–Crippen MR) is 118 cm³/mol. The number of thioether (sulfide) groups is 1. The van der Waals surface area contributed by atoms with Crippen molar-refractivity contribution in [3.8, 4) is 0 Å². The van der Waals surface area contributed by atoms with Crippen molar-refractivity contribution < 1.29 is 19.1 Å². The first-order valence-corrected chi connectivity index (χ1v) is 10.6. The Balaban J connectivity index is 1.78. The van der Waals surface area contributed by atoms with E-state index >= 15 is 0 Å². The van der Waals surface area contributed by atoms with Crippen LogP contribution in [0.3, 0.4) is 0 Å². The number of rotatable bonds is 6. The quantitative estimate of drug-likeness (QED) is 0.711. The van der Waals surface area contributed by atoms with Gasteiger partial charge in [-0.25, -0.2) is 9.79 Å². The van der Waals surface area contributed by atoms with Gasteiger partial charge in [0.05, 0.1) is 17.9 Å². The molecule has 2 aromatic rings. The summed E-state index contributed by atoms with van der Waals surface area (Å²) in [7, 11) is 0. The first-order chi connectivity index (χ1) is 14.5. The highest BCUT2D eigenvalue weighted by Gasteiger charge is 2.35. The number of esters is 1. The van der Waals surface area contributed by atoms with Crippen LogP contribution in [0.2, 0.25) is 0 Å². The van der Waals surface area contributed by atoms with E-state index in [1.807, 2.05) is 25.1 Å². The Morgan fingerprint density at radius 1 is 1.13 bits per heavy atom. The smallest absolute Gasteiger partial charge is 0.338 e. The minimum absolute atomic E-state index is 0.109. The number of anilines is 1. The van der Waals surface area contributed by atoms with Gasteiger partial charge in [-0.05, 0) is 50.2 Å². The van der Waals surface area contributed by atoms with Gasteiger partial charge in [0.1, 0.15) is 5.25 Å². The van der Waals surface area contributed by atoms with Gasteiger partial charge in [-0.15, -0.1) is 0 Å². The lowest BCUT2D eigenvalue weighted by Gasteiger charge is -2.30. The van der Waals surface area contributed by atoms with Crippen LogP contribution in [0.4, 0.5) is 11.4 Å². The van der Waals surface area contributed by atoms with E-state index in [0.29, 0.717) is 35.3 Å². The van der Waals surface area contributed by atoms with Crippen LogP contribution in [0.5, 0.6) is 0 Å². The molecule has 1 unspecified atom stereocenters. The van der Waals surface area contributed by atoms with E-state index in [9.17, 15) is 14.4 Å². The first kappa shape index (κ1) is 21.6. The maximum absolute atomic E-state index is 12.7. The molecule has 1 aliphatic heterocycles. The Labute approximate surface area is 179 Å². The van der Waals surface area contributed by atoms with Crippen molar-refractivity contribution in [2.75, 3.05) is 18.5 Å². The van der Waals surface area contributed by atoms with Crippen molar-refractivity contribution in [3.05, 3.63) is 60.2 Å². The summed E-state index contributed by atoms with van der Waals surface area (Å²) in [6.45, 7) is 4.37. The number of nitrogens with one attached hydrogen (secondary N) is 1. The third-order valence-electron chi connectivity index (χ3n) is 4.39. The molecule has 7 nitrogen and oxygen atoms in total. The molecule has 2 aromatic carbocycles. The Hall–Kier alpha value is -3.13. The molecule has 0 bridgehead atoms. The van der Waals surface area contributed by atoms with E-state index in [0.717, 1.165) is 0 Å². The molecule has 8 heteroatoms. The number of carbonyl (C=O) groups is 3. The van der Waals surface area contributed by atoms with Gasteiger partial charge in [-0.3, -0.25) is 14.5 Å². The molecule has 1 atom stereocenters. The molecule has 0 saturated carbocycles. The van der Waals surface area contributed by atoms with Crippen LogP contribution in [0, 0.1) is 0 Å². The van der Waals surface area contributed by atoms with Crippen molar-refractivity contribution in [2.45, 2.75) is 25.5 Å². The SMILES string of the molecule is CCOC(=O)c1ccc(N=C2SC(C(=O)Nc3ccccc3)CC(=O)N2CC)cc1. The topological polar surface area (TPSA) is 88.1 Å². The highest BCUT2D eigenvalue weighted by atomic mass is 32.2. The molecule has 30 heavy (non-hydrogen) atoms. The molecule has 0 spiro atoms. The third-order valence-corrected chi connectivity index (χ3v) is 5.58. The molecule has 0 radical (unpaired) electrons. The first-order valence-electron chi connectivity index (χ1n) is 9.70. The molecule has 1 heterocycles. The number of para-hydroxylation sites is 1. The summed E-state index contributed by atoms with van der Waals surface area (Å²) in [5.74, 6) is -0.779. The number of ether oxygens (including phenoxy) is 1. The second-order valence-electron chi connectivity index (χ2n) is 6.47. The lowest BCUT2D eigenvalue weighted by molar-refractivity contribution is -0.129. The molecule has 156 valence electrons. The molecular formula is C22H23N3O4S. The lowest BCUT2D eigenvalue weighted by Crippen LogP contribution is -2.45.